The van der Waals surface area contributed by atoms with Crippen molar-refractivity contribution >= 4 is 32.3 Å². The quantitative estimate of drug-likeness (QED) is 0.0210. The van der Waals surface area contributed by atoms with Gasteiger partial charge in [-0.15, -0.1) is 0 Å². The lowest BCUT2D eigenvalue weighted by Gasteiger charge is -2.16. The molecule has 0 aliphatic heterocycles. The van der Waals surface area contributed by atoms with E-state index < -0.39 is 55.6 Å². The summed E-state index contributed by atoms with van der Waals surface area (Å²) in [7, 11) is -4.37. The van der Waals surface area contributed by atoms with E-state index in [1.54, 1.807) is 49.8 Å². The normalized spacial score (nSPS) is 11.4. The van der Waals surface area contributed by atoms with Crippen LogP contribution in [0.5, 0.6) is 46.0 Å². The maximum atomic E-state index is 14.0. The van der Waals surface area contributed by atoms with Crippen LogP contribution in [0.1, 0.15) is 41.3 Å². The third kappa shape index (κ3) is 36.4. The van der Waals surface area contributed by atoms with Crippen LogP contribution in [-0.2, 0) is 85.5 Å². The molecule has 0 saturated heterocycles. The first kappa shape index (κ1) is 86.9. The zero-order valence-corrected chi connectivity index (χ0v) is 67.1. The van der Waals surface area contributed by atoms with Crippen molar-refractivity contribution in [2.24, 2.45) is 0 Å². The molecule has 20 nitrogen and oxygen atoms in total. The van der Waals surface area contributed by atoms with E-state index >= 15 is 0 Å². The summed E-state index contributed by atoms with van der Waals surface area (Å²) in [6.07, 6.45) is 13.9. The highest BCUT2D eigenvalue weighted by Crippen LogP contribution is 2.28. The Morgan fingerprint density at radius 3 is 0.953 bits per heavy atom. The number of rotatable bonds is 38. The summed E-state index contributed by atoms with van der Waals surface area (Å²) in [5.41, 5.74) is 5.17. The van der Waals surface area contributed by atoms with Crippen LogP contribution in [0.2, 0.25) is 103 Å². The Balaban J connectivity index is 0.000000224. The van der Waals surface area contributed by atoms with E-state index in [0.717, 1.165) is 90.9 Å². The summed E-state index contributed by atoms with van der Waals surface area (Å²) >= 11 is 0. The average molecular weight is 1550 g/mol. The van der Waals surface area contributed by atoms with Crippen molar-refractivity contribution in [2.45, 2.75) is 177 Å². The Bertz CT molecular complexity index is 4140. The summed E-state index contributed by atoms with van der Waals surface area (Å²) in [5, 5.41) is 18.7. The van der Waals surface area contributed by atoms with Crippen molar-refractivity contribution in [3.05, 3.63) is 241 Å². The Hall–Kier alpha value is -9.01. The van der Waals surface area contributed by atoms with Gasteiger partial charge >= 0.3 is 0 Å². The molecule has 4 heterocycles. The lowest BCUT2D eigenvalue weighted by atomic mass is 10.2. The number of imidazole rings is 4. The number of aromatic hydroxyl groups is 2. The molecule has 0 bridgehead atoms. The second-order valence-corrected chi connectivity index (χ2v) is 52.6. The molecule has 0 aliphatic carbocycles. The van der Waals surface area contributed by atoms with E-state index in [-0.39, 0.29) is 56.9 Å². The van der Waals surface area contributed by atoms with Gasteiger partial charge in [-0.05, 0) is 35.3 Å². The number of benzene rings is 6. The summed E-state index contributed by atoms with van der Waals surface area (Å²) in [6, 6.07) is 40.0. The molecule has 107 heavy (non-hydrogen) atoms. The smallest absolute Gasteiger partial charge is 0.132 e. The third-order valence-electron chi connectivity index (χ3n) is 15.3. The van der Waals surface area contributed by atoms with E-state index in [4.69, 9.17) is 47.4 Å². The highest BCUT2D eigenvalue weighted by Gasteiger charge is 2.17. The summed E-state index contributed by atoms with van der Waals surface area (Å²) in [5.74, 6) is -0.0142. The molecule has 0 saturated carbocycles. The predicted octanol–water partition coefficient (Wildman–Crippen LogP) is 18.9. The van der Waals surface area contributed by atoms with Crippen LogP contribution in [0.15, 0.2) is 184 Å². The van der Waals surface area contributed by atoms with Crippen molar-refractivity contribution in [2.75, 3.05) is 26.4 Å². The van der Waals surface area contributed by atoms with Gasteiger partial charge in [-0.3, -0.25) is 0 Å². The molecule has 580 valence electrons. The SMILES string of the molecule is C.C[Si](C)(C)CCOCn1cnc(COc2cc(F)cc(OCc3ccccc3)c2)c1.C[Si](C)(C)CCOCn1cnc(COc2cc(O)cc(F)c2)c1.C[Si](C)(C)CCOCn1cncc1COc1cc(F)cc(OCc2ccccc2)c1.C[Si](C)(C)CCOCn1cncc1COc1cc(O)cc(F)c1. The van der Waals surface area contributed by atoms with Gasteiger partial charge in [-0.2, -0.15) is 0 Å². The first-order valence-electron chi connectivity index (χ1n) is 35.2. The Morgan fingerprint density at radius 2 is 0.636 bits per heavy atom. The number of nitrogens with zero attached hydrogens (tertiary/aromatic N) is 8. The fourth-order valence-electron chi connectivity index (χ4n) is 9.23. The maximum Gasteiger partial charge on any atom is 0.132 e. The van der Waals surface area contributed by atoms with Gasteiger partial charge < -0.3 is 75.9 Å². The molecule has 10 rings (SSSR count). The molecule has 10 aromatic rings. The number of halogens is 4. The largest absolute Gasteiger partial charge is 0.508 e. The van der Waals surface area contributed by atoms with Crippen molar-refractivity contribution in [1.82, 2.24) is 38.2 Å². The number of aromatic nitrogens is 8. The second kappa shape index (κ2) is 43.7. The van der Waals surface area contributed by atoms with Crippen LogP contribution >= 0.6 is 0 Å². The first-order chi connectivity index (χ1) is 50.4. The number of hydrogen-bond acceptors (Lipinski definition) is 16. The fourth-order valence-corrected chi connectivity index (χ4v) is 12.3. The maximum absolute atomic E-state index is 14.0. The van der Waals surface area contributed by atoms with Crippen LogP contribution in [0.3, 0.4) is 0 Å². The monoisotopic (exact) mass is 1550 g/mol. The summed E-state index contributed by atoms with van der Waals surface area (Å²) < 4.78 is 118. The van der Waals surface area contributed by atoms with Gasteiger partial charge in [0.1, 0.15) is 136 Å². The Kier molecular flexibility index (Phi) is 35.5. The molecule has 0 fully saturated rings. The fraction of sp³-hybridized carbons (Fsp3) is 0.392. The Labute approximate surface area is 632 Å². The molecule has 0 aliphatic rings. The second-order valence-electron chi connectivity index (χ2n) is 30.1. The molecular weight excluding hydrogens is 1440 g/mol. The van der Waals surface area contributed by atoms with Crippen LogP contribution < -0.4 is 28.4 Å². The molecule has 2 N–H and O–H groups in total. The molecule has 0 spiro atoms. The van der Waals surface area contributed by atoms with E-state index in [2.05, 4.69) is 98.5 Å². The van der Waals surface area contributed by atoms with Gasteiger partial charge in [-0.1, -0.05) is 147 Å². The van der Waals surface area contributed by atoms with Crippen molar-refractivity contribution in [3.63, 3.8) is 0 Å². The number of hydrogen-bond donors (Lipinski definition) is 2. The van der Waals surface area contributed by atoms with E-state index in [1.807, 2.05) is 91.3 Å². The zero-order chi connectivity index (χ0) is 76.5. The van der Waals surface area contributed by atoms with E-state index in [1.165, 1.54) is 48.5 Å². The van der Waals surface area contributed by atoms with Crippen molar-refractivity contribution in [1.29, 1.82) is 0 Å². The van der Waals surface area contributed by atoms with Gasteiger partial charge in [0.15, 0.2) is 0 Å². The lowest BCUT2D eigenvalue weighted by molar-refractivity contribution is 0.0828. The highest BCUT2D eigenvalue weighted by molar-refractivity contribution is 6.77. The van der Waals surface area contributed by atoms with Crippen molar-refractivity contribution < 1.29 is 75.1 Å². The molecule has 0 amide bonds. The Morgan fingerprint density at radius 1 is 0.346 bits per heavy atom. The molecule has 28 heteroatoms. The number of phenolic OH excluding ortho intramolecular Hbond substituents is 2. The standard InChI is InChI=1S/2C23H29FN2O3Si.2C16H23FN2O3Si.CH4/c1-30(2,3)10-9-27-18-26-14-21(25-17-26)16-29-23-12-20(24)11-22(13-23)28-15-19-7-5-4-6-8-19;1-30(2,3)10-9-27-18-26-17-25-14-21(26)16-29-23-12-20(24)11-22(13-23)28-15-19-7-5-4-6-8-19;1-23(2,3)5-4-21-12-19-9-14(18-11-19)10-22-16-7-13(17)6-15(20)8-16;1-23(2,3)5-4-21-12-19-11-18-9-14(19)10-22-16-7-13(17)6-15(20)8-16;/h2*4-8,11-14,17H,9-10,15-16,18H2,1-3H3;2*6-9,11,20H,4-5,10,12H2,1-3H3;1H4. The zero-order valence-electron chi connectivity index (χ0n) is 63.1. The van der Waals surface area contributed by atoms with E-state index in [9.17, 15) is 27.8 Å². The third-order valence-corrected chi connectivity index (χ3v) is 22.2. The van der Waals surface area contributed by atoms with Gasteiger partial charge in [0.05, 0.1) is 60.5 Å². The minimum atomic E-state index is -1.11. The minimum Gasteiger partial charge on any atom is -0.508 e. The highest BCUT2D eigenvalue weighted by atomic mass is 28.3. The topological polar surface area (TPSA) is 204 Å². The summed E-state index contributed by atoms with van der Waals surface area (Å²) in [6.45, 7) is 34.2. The van der Waals surface area contributed by atoms with Crippen LogP contribution in [0.25, 0.3) is 0 Å². The van der Waals surface area contributed by atoms with Crippen molar-refractivity contribution in [3.8, 4) is 46.0 Å². The van der Waals surface area contributed by atoms with Gasteiger partial charge in [0.25, 0.3) is 0 Å². The molecule has 6 aromatic carbocycles. The number of ether oxygens (including phenoxy) is 10. The lowest BCUT2D eigenvalue weighted by Crippen LogP contribution is -2.22. The van der Waals surface area contributed by atoms with E-state index in [0.29, 0.717) is 68.8 Å². The first-order valence-corrected chi connectivity index (χ1v) is 50.0. The number of phenols is 2. The van der Waals surface area contributed by atoms with Gasteiger partial charge in [-0.25, -0.2) is 37.5 Å². The predicted molar refractivity (Wildman–Crippen MR) is 420 cm³/mol. The van der Waals surface area contributed by atoms with Crippen LogP contribution in [0, 0.1) is 23.3 Å². The van der Waals surface area contributed by atoms with Crippen LogP contribution in [0.4, 0.5) is 17.6 Å². The minimum absolute atomic E-state index is 0. The summed E-state index contributed by atoms with van der Waals surface area (Å²) in [4.78, 5) is 16.8. The molecular formula is C79H108F4N8O12Si4. The average Bonchev–Trinajstić information content (AvgIpc) is 1.87. The van der Waals surface area contributed by atoms with Crippen LogP contribution in [-0.4, -0.2) is 107 Å². The molecule has 4 aromatic heterocycles. The molecule has 0 radical (unpaired) electrons. The molecule has 0 unspecified atom stereocenters. The van der Waals surface area contributed by atoms with Gasteiger partial charge in [0.2, 0.25) is 0 Å². The molecule has 0 atom stereocenters. The van der Waals surface area contributed by atoms with Gasteiger partial charge in [0, 0.05) is 144 Å².